The highest BCUT2D eigenvalue weighted by Gasteiger charge is 2.11. The largest absolute Gasteiger partial charge is 0.480 e. The third-order valence-corrected chi connectivity index (χ3v) is 3.37. The van der Waals surface area contributed by atoms with Crippen LogP contribution in [0.25, 0.3) is 0 Å². The maximum absolute atomic E-state index is 5.58. The molecule has 5 heteroatoms. The van der Waals surface area contributed by atoms with E-state index in [1.807, 2.05) is 43.3 Å². The summed E-state index contributed by atoms with van der Waals surface area (Å²) in [4.78, 5) is 4.47. The number of ether oxygens (including phenoxy) is 2. The van der Waals surface area contributed by atoms with E-state index in [-0.39, 0.29) is 5.17 Å². The molecule has 1 aromatic heterocycles. The summed E-state index contributed by atoms with van der Waals surface area (Å²) < 4.78 is 10.9. The van der Waals surface area contributed by atoms with E-state index in [9.17, 15) is 0 Å². The Morgan fingerprint density at radius 3 is 2.64 bits per heavy atom. The molecule has 2 rings (SSSR count). The molecule has 1 heterocycles. The normalized spacial score (nSPS) is 10.1. The summed E-state index contributed by atoms with van der Waals surface area (Å²) in [5.74, 6) is 1.20. The number of nitrogens with zero attached hydrogens (tertiary/aromatic N) is 1. The zero-order chi connectivity index (χ0) is 15.9. The standard InChI is InChI=1S/C17H20N2O2S/c1-4-8-13-11-15(16(20-3)18-12(13)2)19-17(22)21-14-9-6-5-7-10-14/h5-7,9-11H,4,8H2,1-3H3,(H,19,22). The Bertz CT molecular complexity index is 645. The minimum atomic E-state index is 0.262. The predicted molar refractivity (Wildman–Crippen MR) is 92.8 cm³/mol. The molecule has 116 valence electrons. The van der Waals surface area contributed by atoms with Gasteiger partial charge in [-0.1, -0.05) is 31.5 Å². The molecular weight excluding hydrogens is 296 g/mol. The maximum Gasteiger partial charge on any atom is 0.266 e. The van der Waals surface area contributed by atoms with Crippen molar-refractivity contribution >= 4 is 23.1 Å². The van der Waals surface area contributed by atoms with Gasteiger partial charge >= 0.3 is 0 Å². The van der Waals surface area contributed by atoms with Gasteiger partial charge in [0.05, 0.1) is 7.11 Å². The molecule has 0 bridgehead atoms. The molecule has 0 aliphatic carbocycles. The van der Waals surface area contributed by atoms with Crippen LogP contribution in [0, 0.1) is 6.92 Å². The van der Waals surface area contributed by atoms with Crippen molar-refractivity contribution in [3.63, 3.8) is 0 Å². The molecule has 0 fully saturated rings. The van der Waals surface area contributed by atoms with E-state index in [0.29, 0.717) is 11.6 Å². The van der Waals surface area contributed by atoms with E-state index in [0.717, 1.165) is 24.2 Å². The number of hydrogen-bond acceptors (Lipinski definition) is 4. The summed E-state index contributed by atoms with van der Waals surface area (Å²) in [5, 5.41) is 3.32. The van der Waals surface area contributed by atoms with Gasteiger partial charge in [-0.15, -0.1) is 0 Å². The summed E-state index contributed by atoms with van der Waals surface area (Å²) in [7, 11) is 1.59. The smallest absolute Gasteiger partial charge is 0.266 e. The first-order chi connectivity index (χ1) is 10.6. The number of hydrogen-bond donors (Lipinski definition) is 1. The molecule has 22 heavy (non-hydrogen) atoms. The minimum absolute atomic E-state index is 0.262. The van der Waals surface area contributed by atoms with Crippen molar-refractivity contribution in [2.24, 2.45) is 0 Å². The van der Waals surface area contributed by atoms with Crippen LogP contribution in [-0.2, 0) is 6.42 Å². The molecule has 0 unspecified atom stereocenters. The van der Waals surface area contributed by atoms with Gasteiger partial charge in [0.25, 0.3) is 5.17 Å². The van der Waals surface area contributed by atoms with Crippen LogP contribution >= 0.6 is 12.2 Å². The molecule has 0 aliphatic heterocycles. The number of anilines is 1. The van der Waals surface area contributed by atoms with Gasteiger partial charge < -0.3 is 14.8 Å². The molecule has 0 atom stereocenters. The average Bonchev–Trinajstić information content (AvgIpc) is 2.51. The van der Waals surface area contributed by atoms with Crippen molar-refractivity contribution in [3.05, 3.63) is 47.7 Å². The van der Waals surface area contributed by atoms with Crippen LogP contribution in [0.1, 0.15) is 24.6 Å². The fraction of sp³-hybridized carbons (Fsp3) is 0.294. The number of aryl methyl sites for hydroxylation is 2. The highest BCUT2D eigenvalue weighted by molar-refractivity contribution is 7.80. The number of para-hydroxylation sites is 1. The number of pyridine rings is 1. The van der Waals surface area contributed by atoms with Gasteiger partial charge in [0.15, 0.2) is 0 Å². The van der Waals surface area contributed by atoms with Gasteiger partial charge in [-0.2, -0.15) is 0 Å². The predicted octanol–water partition coefficient (Wildman–Crippen LogP) is 4.13. The van der Waals surface area contributed by atoms with Gasteiger partial charge in [0.1, 0.15) is 11.4 Å². The Kier molecular flexibility index (Phi) is 5.72. The van der Waals surface area contributed by atoms with Crippen molar-refractivity contribution < 1.29 is 9.47 Å². The van der Waals surface area contributed by atoms with E-state index in [4.69, 9.17) is 21.7 Å². The van der Waals surface area contributed by atoms with E-state index < -0.39 is 0 Å². The van der Waals surface area contributed by atoms with Gasteiger partial charge in [-0.05, 0) is 49.3 Å². The fourth-order valence-electron chi connectivity index (χ4n) is 2.12. The third-order valence-electron chi connectivity index (χ3n) is 3.19. The lowest BCUT2D eigenvalue weighted by atomic mass is 10.1. The third kappa shape index (κ3) is 4.18. The Hall–Kier alpha value is -2.14. The van der Waals surface area contributed by atoms with Crippen LogP contribution < -0.4 is 14.8 Å². The molecule has 0 saturated carbocycles. The van der Waals surface area contributed by atoms with Gasteiger partial charge in [-0.3, -0.25) is 0 Å². The van der Waals surface area contributed by atoms with Gasteiger partial charge in [0.2, 0.25) is 5.88 Å². The van der Waals surface area contributed by atoms with Crippen molar-refractivity contribution in [2.75, 3.05) is 12.4 Å². The van der Waals surface area contributed by atoms with Crippen LogP contribution in [0.4, 0.5) is 5.69 Å². The lowest BCUT2D eigenvalue weighted by molar-refractivity contribution is 0.398. The molecule has 0 amide bonds. The minimum Gasteiger partial charge on any atom is -0.480 e. The van der Waals surface area contributed by atoms with Crippen molar-refractivity contribution in [3.8, 4) is 11.6 Å². The highest BCUT2D eigenvalue weighted by Crippen LogP contribution is 2.26. The number of benzene rings is 1. The van der Waals surface area contributed by atoms with Crippen LogP contribution in [0.5, 0.6) is 11.6 Å². The average molecular weight is 316 g/mol. The van der Waals surface area contributed by atoms with Crippen molar-refractivity contribution in [2.45, 2.75) is 26.7 Å². The second-order valence-corrected chi connectivity index (χ2v) is 5.24. The molecule has 1 N–H and O–H groups in total. The lowest BCUT2D eigenvalue weighted by Gasteiger charge is -2.14. The first-order valence-corrected chi connectivity index (χ1v) is 7.63. The molecule has 2 aromatic rings. The van der Waals surface area contributed by atoms with Crippen molar-refractivity contribution in [1.29, 1.82) is 0 Å². The molecule has 0 aliphatic rings. The van der Waals surface area contributed by atoms with E-state index in [2.05, 4.69) is 17.2 Å². The maximum atomic E-state index is 5.58. The Morgan fingerprint density at radius 2 is 2.00 bits per heavy atom. The first kappa shape index (κ1) is 16.2. The van der Waals surface area contributed by atoms with Crippen LogP contribution in [0.2, 0.25) is 0 Å². The highest BCUT2D eigenvalue weighted by atomic mass is 32.1. The molecule has 4 nitrogen and oxygen atoms in total. The zero-order valence-corrected chi connectivity index (χ0v) is 13.9. The van der Waals surface area contributed by atoms with Crippen molar-refractivity contribution in [1.82, 2.24) is 4.98 Å². The number of rotatable bonds is 5. The van der Waals surface area contributed by atoms with Crippen LogP contribution in [-0.4, -0.2) is 17.3 Å². The molecule has 1 aromatic carbocycles. The first-order valence-electron chi connectivity index (χ1n) is 7.22. The Morgan fingerprint density at radius 1 is 1.27 bits per heavy atom. The summed E-state index contributed by atoms with van der Waals surface area (Å²) in [5.41, 5.74) is 2.87. The summed E-state index contributed by atoms with van der Waals surface area (Å²) >= 11 is 5.25. The summed E-state index contributed by atoms with van der Waals surface area (Å²) in [6.45, 7) is 4.12. The van der Waals surface area contributed by atoms with Gasteiger partial charge in [-0.25, -0.2) is 4.98 Å². The van der Waals surface area contributed by atoms with Crippen LogP contribution in [0.3, 0.4) is 0 Å². The van der Waals surface area contributed by atoms with E-state index >= 15 is 0 Å². The fourth-order valence-corrected chi connectivity index (χ4v) is 2.33. The topological polar surface area (TPSA) is 43.4 Å². The molecule has 0 saturated heterocycles. The Labute approximate surface area is 136 Å². The van der Waals surface area contributed by atoms with E-state index in [1.54, 1.807) is 7.11 Å². The van der Waals surface area contributed by atoms with Gasteiger partial charge in [0, 0.05) is 5.69 Å². The number of aromatic nitrogens is 1. The number of methoxy groups -OCH3 is 1. The molecule has 0 radical (unpaired) electrons. The number of thiocarbonyl (C=S) groups is 1. The van der Waals surface area contributed by atoms with Crippen LogP contribution in [0.15, 0.2) is 36.4 Å². The van der Waals surface area contributed by atoms with E-state index in [1.165, 1.54) is 5.56 Å². The Balaban J connectivity index is 2.16. The number of nitrogens with one attached hydrogen (secondary N) is 1. The molecular formula is C17H20N2O2S. The summed E-state index contributed by atoms with van der Waals surface area (Å²) in [6.07, 6.45) is 2.02. The zero-order valence-electron chi connectivity index (χ0n) is 13.1. The lowest BCUT2D eigenvalue weighted by Crippen LogP contribution is -2.17. The SMILES string of the molecule is CCCc1cc(NC(=S)Oc2ccccc2)c(OC)nc1C. The quantitative estimate of drug-likeness (QED) is 0.840. The monoisotopic (exact) mass is 316 g/mol. The molecule has 0 spiro atoms. The summed E-state index contributed by atoms with van der Waals surface area (Å²) in [6, 6.07) is 11.4. The second-order valence-electron chi connectivity index (χ2n) is 4.87. The second kappa shape index (κ2) is 7.75.